The van der Waals surface area contributed by atoms with Crippen LogP contribution in [0.15, 0.2) is 103 Å². The Morgan fingerprint density at radius 1 is 0.800 bits per heavy atom. The van der Waals surface area contributed by atoms with E-state index in [1.165, 1.54) is 4.90 Å². The van der Waals surface area contributed by atoms with Crippen LogP contribution >= 0.6 is 23.2 Å². The summed E-state index contributed by atoms with van der Waals surface area (Å²) in [5.74, 6) is 0.117. The van der Waals surface area contributed by atoms with Crippen LogP contribution in [0.5, 0.6) is 11.5 Å². The van der Waals surface area contributed by atoms with Crippen LogP contribution in [0.25, 0.3) is 0 Å². The lowest BCUT2D eigenvalue weighted by atomic mass is 10.0. The molecular formula is C34H35Cl2N3O5S. The highest BCUT2D eigenvalue weighted by Crippen LogP contribution is 2.29. The van der Waals surface area contributed by atoms with Gasteiger partial charge in [0.15, 0.2) is 0 Å². The molecule has 4 aromatic rings. The van der Waals surface area contributed by atoms with Gasteiger partial charge in [0, 0.05) is 34.6 Å². The van der Waals surface area contributed by atoms with E-state index in [1.807, 2.05) is 62.4 Å². The highest BCUT2D eigenvalue weighted by Gasteiger charge is 2.34. The predicted molar refractivity (Wildman–Crippen MR) is 179 cm³/mol. The van der Waals surface area contributed by atoms with Crippen molar-refractivity contribution in [2.75, 3.05) is 17.1 Å². The zero-order chi connectivity index (χ0) is 32.6. The Hall–Kier alpha value is -4.05. The summed E-state index contributed by atoms with van der Waals surface area (Å²) in [7, 11) is -3.94. The number of benzene rings is 4. The largest absolute Gasteiger partial charge is 0.457 e. The third-order valence-corrected chi connectivity index (χ3v) is 8.72. The molecular weight excluding hydrogens is 633 g/mol. The third kappa shape index (κ3) is 9.47. The number of nitrogens with zero attached hydrogens (tertiary/aromatic N) is 2. The number of carbonyl (C=O) groups excluding carboxylic acids is 2. The number of ether oxygens (including phenoxy) is 1. The van der Waals surface area contributed by atoms with Gasteiger partial charge in [-0.1, -0.05) is 77.8 Å². The topological polar surface area (TPSA) is 96.0 Å². The first-order chi connectivity index (χ1) is 21.4. The minimum Gasteiger partial charge on any atom is -0.457 e. The zero-order valence-electron chi connectivity index (χ0n) is 25.2. The van der Waals surface area contributed by atoms with Gasteiger partial charge in [-0.15, -0.1) is 0 Å². The Kier molecular flexibility index (Phi) is 11.5. The summed E-state index contributed by atoms with van der Waals surface area (Å²) < 4.78 is 33.0. The molecule has 0 aliphatic heterocycles. The summed E-state index contributed by atoms with van der Waals surface area (Å²) in [6, 6.07) is 28.6. The molecule has 0 fully saturated rings. The van der Waals surface area contributed by atoms with Crippen LogP contribution in [0.4, 0.5) is 5.69 Å². The quantitative estimate of drug-likeness (QED) is 0.171. The second kappa shape index (κ2) is 15.3. The van der Waals surface area contributed by atoms with Crippen LogP contribution in [-0.4, -0.2) is 50.0 Å². The van der Waals surface area contributed by atoms with Crippen molar-refractivity contribution in [1.82, 2.24) is 10.2 Å². The van der Waals surface area contributed by atoms with Gasteiger partial charge in [-0.05, 0) is 67.9 Å². The van der Waals surface area contributed by atoms with Crippen molar-refractivity contribution in [3.8, 4) is 11.5 Å². The number of para-hydroxylation sites is 1. The molecule has 0 aliphatic rings. The molecule has 2 amide bonds. The maximum atomic E-state index is 14.3. The molecule has 4 aromatic carbocycles. The zero-order valence-corrected chi connectivity index (χ0v) is 27.5. The predicted octanol–water partition coefficient (Wildman–Crippen LogP) is 6.72. The first kappa shape index (κ1) is 33.8. The van der Waals surface area contributed by atoms with Crippen molar-refractivity contribution in [3.63, 3.8) is 0 Å². The molecule has 236 valence electrons. The van der Waals surface area contributed by atoms with Gasteiger partial charge in [0.1, 0.15) is 24.1 Å². The molecule has 4 rings (SSSR count). The van der Waals surface area contributed by atoms with E-state index in [0.717, 1.165) is 16.1 Å². The molecule has 11 heteroatoms. The smallest absolute Gasteiger partial charge is 0.244 e. The second-order valence-electron chi connectivity index (χ2n) is 10.8. The lowest BCUT2D eigenvalue weighted by molar-refractivity contribution is -0.140. The van der Waals surface area contributed by atoms with E-state index in [1.54, 1.807) is 54.6 Å². The van der Waals surface area contributed by atoms with Gasteiger partial charge in [0.05, 0.1) is 11.9 Å². The van der Waals surface area contributed by atoms with Gasteiger partial charge in [0.2, 0.25) is 21.8 Å². The Labute approximate surface area is 274 Å². The maximum absolute atomic E-state index is 14.3. The van der Waals surface area contributed by atoms with E-state index in [2.05, 4.69) is 5.32 Å². The molecule has 0 bridgehead atoms. The number of carbonyl (C=O) groups is 2. The van der Waals surface area contributed by atoms with Crippen molar-refractivity contribution in [2.45, 2.75) is 38.9 Å². The summed E-state index contributed by atoms with van der Waals surface area (Å²) >= 11 is 13.0. The average molecular weight is 669 g/mol. The minimum absolute atomic E-state index is 0.123. The number of nitrogens with one attached hydrogen (secondary N) is 1. The molecule has 0 radical (unpaired) electrons. The van der Waals surface area contributed by atoms with Crippen molar-refractivity contribution < 1.29 is 22.7 Å². The van der Waals surface area contributed by atoms with Crippen LogP contribution in [0.3, 0.4) is 0 Å². The SMILES string of the molecule is CC(C)NC(=O)[C@H](Cc1ccccc1)N(Cc1c(Cl)cccc1Cl)C(=O)CN(c1ccc(Oc2ccccc2)cc1)S(C)(=O)=O. The van der Waals surface area contributed by atoms with Gasteiger partial charge >= 0.3 is 0 Å². The Morgan fingerprint density at radius 3 is 1.91 bits per heavy atom. The summed E-state index contributed by atoms with van der Waals surface area (Å²) in [6.45, 7) is 2.96. The van der Waals surface area contributed by atoms with Gasteiger partial charge in [-0.2, -0.15) is 0 Å². The van der Waals surface area contributed by atoms with Crippen molar-refractivity contribution >= 4 is 50.7 Å². The number of sulfonamides is 1. The molecule has 0 unspecified atom stereocenters. The van der Waals surface area contributed by atoms with Crippen molar-refractivity contribution in [3.05, 3.63) is 124 Å². The fraction of sp³-hybridized carbons (Fsp3) is 0.235. The van der Waals surface area contributed by atoms with E-state index < -0.39 is 34.4 Å². The Balaban J connectivity index is 1.71. The van der Waals surface area contributed by atoms with Crippen LogP contribution < -0.4 is 14.4 Å². The third-order valence-electron chi connectivity index (χ3n) is 6.87. The van der Waals surface area contributed by atoms with Crippen LogP contribution in [-0.2, 0) is 32.6 Å². The lowest BCUT2D eigenvalue weighted by Crippen LogP contribution is -2.54. The van der Waals surface area contributed by atoms with Crippen LogP contribution in [0, 0.1) is 0 Å². The highest BCUT2D eigenvalue weighted by molar-refractivity contribution is 7.92. The number of halogens is 2. The minimum atomic E-state index is -3.94. The summed E-state index contributed by atoms with van der Waals surface area (Å²) in [6.07, 6.45) is 1.20. The summed E-state index contributed by atoms with van der Waals surface area (Å²) in [4.78, 5) is 29.3. The van der Waals surface area contributed by atoms with E-state index in [0.29, 0.717) is 27.1 Å². The highest BCUT2D eigenvalue weighted by atomic mass is 35.5. The molecule has 8 nitrogen and oxygen atoms in total. The van der Waals surface area contributed by atoms with Crippen molar-refractivity contribution in [1.29, 1.82) is 0 Å². The van der Waals surface area contributed by atoms with Gasteiger partial charge in [0.25, 0.3) is 0 Å². The fourth-order valence-corrected chi connectivity index (χ4v) is 6.07. The van der Waals surface area contributed by atoms with E-state index >= 15 is 0 Å². The molecule has 0 aliphatic carbocycles. The Bertz CT molecular complexity index is 1680. The first-order valence-corrected chi connectivity index (χ1v) is 16.9. The standard InChI is InChI=1S/C34H35Cl2N3O5S/c1-24(2)37-34(41)32(21-25-11-6-4-7-12-25)38(22-29-30(35)15-10-16-31(29)36)33(40)23-39(45(3,42)43)26-17-19-28(20-18-26)44-27-13-8-5-9-14-27/h4-20,24,32H,21-23H2,1-3H3,(H,37,41)/t32-/m0/s1. The summed E-state index contributed by atoms with van der Waals surface area (Å²) in [5.41, 5.74) is 1.52. The van der Waals surface area contributed by atoms with Gasteiger partial charge in [-0.3, -0.25) is 13.9 Å². The van der Waals surface area contributed by atoms with Gasteiger partial charge in [-0.25, -0.2) is 8.42 Å². The second-order valence-corrected chi connectivity index (χ2v) is 13.5. The number of amides is 2. The molecule has 0 aromatic heterocycles. The average Bonchev–Trinajstić information content (AvgIpc) is 2.99. The molecule has 45 heavy (non-hydrogen) atoms. The number of rotatable bonds is 13. The van der Waals surface area contributed by atoms with E-state index in [4.69, 9.17) is 27.9 Å². The lowest BCUT2D eigenvalue weighted by Gasteiger charge is -2.34. The number of hydrogen-bond acceptors (Lipinski definition) is 5. The molecule has 0 saturated carbocycles. The van der Waals surface area contributed by atoms with E-state index in [9.17, 15) is 18.0 Å². The first-order valence-electron chi connectivity index (χ1n) is 14.3. The maximum Gasteiger partial charge on any atom is 0.244 e. The van der Waals surface area contributed by atoms with Crippen LogP contribution in [0.2, 0.25) is 10.0 Å². The number of anilines is 1. The molecule has 0 heterocycles. The van der Waals surface area contributed by atoms with Gasteiger partial charge < -0.3 is 15.0 Å². The normalized spacial score (nSPS) is 12.0. The summed E-state index contributed by atoms with van der Waals surface area (Å²) in [5, 5.41) is 3.54. The monoisotopic (exact) mass is 667 g/mol. The number of hydrogen-bond donors (Lipinski definition) is 1. The fourth-order valence-electron chi connectivity index (χ4n) is 4.71. The van der Waals surface area contributed by atoms with E-state index in [-0.39, 0.29) is 24.7 Å². The molecule has 1 atom stereocenters. The Morgan fingerprint density at radius 2 is 1.36 bits per heavy atom. The molecule has 0 saturated heterocycles. The van der Waals surface area contributed by atoms with Crippen molar-refractivity contribution in [2.24, 2.45) is 0 Å². The molecule has 0 spiro atoms. The molecule has 1 N–H and O–H groups in total. The van der Waals surface area contributed by atoms with Crippen LogP contribution in [0.1, 0.15) is 25.0 Å².